The van der Waals surface area contributed by atoms with E-state index in [4.69, 9.17) is 28.4 Å². The molecule has 4 atom stereocenters. The van der Waals surface area contributed by atoms with Crippen LogP contribution in [0.5, 0.6) is 17.2 Å². The Morgan fingerprint density at radius 2 is 1.04 bits per heavy atom. The molecule has 6 aromatic carbocycles. The zero-order chi connectivity index (χ0) is 39.2. The second kappa shape index (κ2) is 19.9. The van der Waals surface area contributed by atoms with Gasteiger partial charge in [-0.05, 0) is 34.7 Å². The van der Waals surface area contributed by atoms with E-state index in [1.54, 1.807) is 6.07 Å². The number of aromatic hydroxyl groups is 1. The normalized spacial score (nSPS) is 17.8. The fourth-order valence-corrected chi connectivity index (χ4v) is 7.03. The topological polar surface area (TPSA) is 92.7 Å². The highest BCUT2D eigenvalue weighted by molar-refractivity contribution is 6.00. The number of rotatable bonds is 18. The first kappa shape index (κ1) is 39.5. The summed E-state index contributed by atoms with van der Waals surface area (Å²) < 4.78 is 39.5. The summed E-state index contributed by atoms with van der Waals surface area (Å²) in [4.78, 5) is 13.4. The van der Waals surface area contributed by atoms with Crippen molar-refractivity contribution in [2.24, 2.45) is 0 Å². The third kappa shape index (κ3) is 10.8. The third-order valence-electron chi connectivity index (χ3n) is 9.92. The number of ketones is 1. The molecule has 7 rings (SSSR count). The van der Waals surface area contributed by atoms with Crippen LogP contribution >= 0.6 is 0 Å². The molecule has 0 radical (unpaired) electrons. The molecule has 0 spiro atoms. The molecule has 57 heavy (non-hydrogen) atoms. The summed E-state index contributed by atoms with van der Waals surface area (Å²) in [6, 6.07) is 51.0. The van der Waals surface area contributed by atoms with Crippen LogP contribution in [0.2, 0.25) is 0 Å². The standard InChI is InChI=1S/C49H48O8/c1-35(50)46-41(53-30-37-19-9-3-10-20-37)27-42(54-31-38-21-11-4-12-22-38)47(48(46)51)43-28-44(55-32-39-23-13-5-14-24-39)49(56-33-40-25-15-6-16-26-40)45(57-43)34-52-29-36-17-7-2-8-18-36/h2-27,43-45,49,51H,28-34H2,1H3/t43-,44-,45-,49+/m1/s1. The molecule has 6 aromatic rings. The zero-order valence-corrected chi connectivity index (χ0v) is 32.1. The van der Waals surface area contributed by atoms with Crippen molar-refractivity contribution in [3.8, 4) is 17.2 Å². The highest BCUT2D eigenvalue weighted by Crippen LogP contribution is 2.48. The van der Waals surface area contributed by atoms with Gasteiger partial charge in [-0.3, -0.25) is 4.79 Å². The van der Waals surface area contributed by atoms with Crippen molar-refractivity contribution in [2.75, 3.05) is 6.61 Å². The zero-order valence-electron chi connectivity index (χ0n) is 32.1. The average molecular weight is 765 g/mol. The molecule has 8 nitrogen and oxygen atoms in total. The Kier molecular flexibility index (Phi) is 13.8. The quantitative estimate of drug-likeness (QED) is 0.0866. The highest BCUT2D eigenvalue weighted by atomic mass is 16.6. The lowest BCUT2D eigenvalue weighted by Gasteiger charge is -2.42. The van der Waals surface area contributed by atoms with Crippen molar-refractivity contribution in [3.05, 3.63) is 197 Å². The van der Waals surface area contributed by atoms with Crippen LogP contribution in [0.3, 0.4) is 0 Å². The lowest BCUT2D eigenvalue weighted by Crippen LogP contribution is -2.50. The number of benzene rings is 6. The van der Waals surface area contributed by atoms with Gasteiger partial charge in [0.05, 0.1) is 44.2 Å². The molecule has 0 saturated carbocycles. The van der Waals surface area contributed by atoms with Gasteiger partial charge >= 0.3 is 0 Å². The summed E-state index contributed by atoms with van der Waals surface area (Å²) in [7, 11) is 0. The molecule has 1 aliphatic heterocycles. The van der Waals surface area contributed by atoms with Gasteiger partial charge in [0.2, 0.25) is 0 Å². The molecule has 0 aromatic heterocycles. The first-order valence-electron chi connectivity index (χ1n) is 19.3. The van der Waals surface area contributed by atoms with E-state index in [0.717, 1.165) is 27.8 Å². The van der Waals surface area contributed by atoms with Crippen molar-refractivity contribution >= 4 is 5.78 Å². The monoisotopic (exact) mass is 764 g/mol. The number of carbonyl (C=O) groups is 1. The van der Waals surface area contributed by atoms with E-state index >= 15 is 0 Å². The lowest BCUT2D eigenvalue weighted by atomic mass is 9.90. The lowest BCUT2D eigenvalue weighted by molar-refractivity contribution is -0.222. The second-order valence-corrected chi connectivity index (χ2v) is 14.1. The Bertz CT molecular complexity index is 2130. The number of phenolic OH excluding ortho intramolecular Hbond substituents is 1. The Balaban J connectivity index is 1.26. The average Bonchev–Trinajstić information content (AvgIpc) is 3.25. The third-order valence-corrected chi connectivity index (χ3v) is 9.92. The van der Waals surface area contributed by atoms with Crippen LogP contribution in [0.25, 0.3) is 0 Å². The fraction of sp³-hybridized carbons (Fsp3) is 0.245. The van der Waals surface area contributed by atoms with Crippen molar-refractivity contribution in [3.63, 3.8) is 0 Å². The summed E-state index contributed by atoms with van der Waals surface area (Å²) in [6.45, 7) is 3.01. The molecular formula is C49H48O8. The molecule has 0 unspecified atom stereocenters. The molecule has 1 N–H and O–H groups in total. The summed E-state index contributed by atoms with van der Waals surface area (Å²) in [6.07, 6.45) is -2.17. The van der Waals surface area contributed by atoms with E-state index in [-0.39, 0.29) is 49.1 Å². The maximum absolute atomic E-state index is 13.4. The van der Waals surface area contributed by atoms with Gasteiger partial charge in [0.25, 0.3) is 0 Å². The van der Waals surface area contributed by atoms with Gasteiger partial charge in [-0.1, -0.05) is 152 Å². The van der Waals surface area contributed by atoms with Crippen molar-refractivity contribution in [1.82, 2.24) is 0 Å². The Morgan fingerprint density at radius 1 is 0.596 bits per heavy atom. The molecule has 1 fully saturated rings. The van der Waals surface area contributed by atoms with Crippen LogP contribution in [0.1, 0.15) is 63.2 Å². The van der Waals surface area contributed by atoms with Crippen LogP contribution in [0, 0.1) is 0 Å². The SMILES string of the molecule is CC(=O)c1c(OCc2ccccc2)cc(OCc2ccccc2)c([C@H]2C[C@@H](OCc3ccccc3)[C@H](OCc3ccccc3)[C@@H](COCc3ccccc3)O2)c1O. The van der Waals surface area contributed by atoms with Crippen molar-refractivity contribution in [1.29, 1.82) is 0 Å². The van der Waals surface area contributed by atoms with Gasteiger partial charge in [-0.2, -0.15) is 0 Å². The van der Waals surface area contributed by atoms with Crippen LogP contribution < -0.4 is 9.47 Å². The molecule has 292 valence electrons. The van der Waals surface area contributed by atoms with Gasteiger partial charge in [-0.25, -0.2) is 0 Å². The van der Waals surface area contributed by atoms with E-state index in [9.17, 15) is 9.90 Å². The molecule has 0 bridgehead atoms. The summed E-state index contributed by atoms with van der Waals surface area (Å²) >= 11 is 0. The Hall–Kier alpha value is -5.77. The van der Waals surface area contributed by atoms with Crippen molar-refractivity contribution < 1.29 is 38.3 Å². The summed E-state index contributed by atoms with van der Waals surface area (Å²) in [5.41, 5.74) is 5.28. The number of carbonyl (C=O) groups excluding carboxylic acids is 1. The first-order chi connectivity index (χ1) is 28.0. The van der Waals surface area contributed by atoms with Crippen LogP contribution in [-0.2, 0) is 52.0 Å². The minimum absolute atomic E-state index is 0.0534. The maximum Gasteiger partial charge on any atom is 0.167 e. The fourth-order valence-electron chi connectivity index (χ4n) is 7.03. The van der Waals surface area contributed by atoms with E-state index in [1.165, 1.54) is 6.92 Å². The molecular weight excluding hydrogens is 717 g/mol. The van der Waals surface area contributed by atoms with Gasteiger partial charge in [0, 0.05) is 12.5 Å². The van der Waals surface area contributed by atoms with Crippen LogP contribution in [0.4, 0.5) is 0 Å². The van der Waals surface area contributed by atoms with Gasteiger partial charge in [-0.15, -0.1) is 0 Å². The van der Waals surface area contributed by atoms with Gasteiger partial charge < -0.3 is 33.5 Å². The van der Waals surface area contributed by atoms with Gasteiger partial charge in [0.15, 0.2) is 5.78 Å². The van der Waals surface area contributed by atoms with Crippen LogP contribution in [-0.4, -0.2) is 35.8 Å². The smallest absolute Gasteiger partial charge is 0.167 e. The van der Waals surface area contributed by atoms with Crippen molar-refractivity contribution in [2.45, 2.75) is 70.8 Å². The predicted octanol–water partition coefficient (Wildman–Crippen LogP) is 9.97. The molecule has 8 heteroatoms. The first-order valence-corrected chi connectivity index (χ1v) is 19.3. The van der Waals surface area contributed by atoms with E-state index in [1.807, 2.05) is 152 Å². The Morgan fingerprint density at radius 3 is 1.53 bits per heavy atom. The number of Topliss-reactive ketones (excluding diaryl/α,β-unsaturated/α-hetero) is 1. The van der Waals surface area contributed by atoms with E-state index < -0.39 is 24.4 Å². The van der Waals surface area contributed by atoms with E-state index in [0.29, 0.717) is 31.1 Å². The molecule has 0 amide bonds. The molecule has 0 aliphatic carbocycles. The predicted molar refractivity (Wildman–Crippen MR) is 218 cm³/mol. The van der Waals surface area contributed by atoms with E-state index in [2.05, 4.69) is 0 Å². The summed E-state index contributed by atoms with van der Waals surface area (Å²) in [5, 5.41) is 12.2. The number of hydrogen-bond acceptors (Lipinski definition) is 8. The molecule has 1 saturated heterocycles. The second-order valence-electron chi connectivity index (χ2n) is 14.1. The van der Waals surface area contributed by atoms with Crippen LogP contribution in [0.15, 0.2) is 158 Å². The number of ether oxygens (including phenoxy) is 6. The summed E-state index contributed by atoms with van der Waals surface area (Å²) in [5.74, 6) is -0.0551. The van der Waals surface area contributed by atoms with Gasteiger partial charge in [0.1, 0.15) is 48.2 Å². The minimum Gasteiger partial charge on any atom is -0.507 e. The largest absolute Gasteiger partial charge is 0.507 e. The highest BCUT2D eigenvalue weighted by Gasteiger charge is 2.43. The minimum atomic E-state index is -0.778. The maximum atomic E-state index is 13.4. The molecule has 1 aliphatic rings. The number of hydrogen-bond donors (Lipinski definition) is 1. The Labute approximate surface area is 334 Å². The molecule has 1 heterocycles. The number of phenols is 1.